The van der Waals surface area contributed by atoms with Crippen molar-refractivity contribution < 1.29 is 4.79 Å². The summed E-state index contributed by atoms with van der Waals surface area (Å²) in [6.07, 6.45) is 5.66. The van der Waals surface area contributed by atoms with Crippen LogP contribution in [-0.2, 0) is 4.79 Å². The van der Waals surface area contributed by atoms with Crippen LogP contribution in [0.3, 0.4) is 0 Å². The molecule has 0 bridgehead atoms. The maximum absolute atomic E-state index is 11.9. The molecule has 3 rings (SSSR count). The van der Waals surface area contributed by atoms with E-state index in [1.54, 1.807) is 12.4 Å². The molecule has 1 aliphatic carbocycles. The van der Waals surface area contributed by atoms with Gasteiger partial charge in [-0.3, -0.25) is 4.79 Å². The largest absolute Gasteiger partial charge is 0.339 e. The molecule has 2 aliphatic rings. The lowest BCUT2D eigenvalue weighted by atomic mass is 10.3. The van der Waals surface area contributed by atoms with Gasteiger partial charge in [-0.15, -0.1) is 0 Å². The number of nitrogens with zero attached hydrogens (tertiary/aromatic N) is 4. The summed E-state index contributed by atoms with van der Waals surface area (Å²) in [5, 5.41) is 0. The normalized spacial score (nSPS) is 20.1. The van der Waals surface area contributed by atoms with E-state index in [1.807, 2.05) is 4.90 Å². The van der Waals surface area contributed by atoms with Gasteiger partial charge in [0.15, 0.2) is 0 Å². The van der Waals surface area contributed by atoms with Crippen molar-refractivity contribution in [2.24, 2.45) is 5.92 Å². The number of halogens is 1. The molecule has 96 valence electrons. The van der Waals surface area contributed by atoms with Crippen LogP contribution in [-0.4, -0.2) is 47.0 Å². The van der Waals surface area contributed by atoms with E-state index in [9.17, 15) is 4.79 Å². The first-order valence-corrected chi connectivity index (χ1v) is 7.04. The highest BCUT2D eigenvalue weighted by Gasteiger charge is 2.34. The monoisotopic (exact) mass is 310 g/mol. The molecule has 2 heterocycles. The van der Waals surface area contributed by atoms with Crippen LogP contribution >= 0.6 is 15.9 Å². The minimum Gasteiger partial charge on any atom is -0.339 e. The molecule has 6 heteroatoms. The van der Waals surface area contributed by atoms with Gasteiger partial charge in [0.2, 0.25) is 11.9 Å². The third kappa shape index (κ3) is 2.48. The summed E-state index contributed by atoms with van der Waals surface area (Å²) in [7, 11) is 0. The molecule has 0 spiro atoms. The number of rotatable bonds is 2. The van der Waals surface area contributed by atoms with Crippen molar-refractivity contribution >= 4 is 27.8 Å². The number of aromatic nitrogens is 2. The molecule has 18 heavy (non-hydrogen) atoms. The summed E-state index contributed by atoms with van der Waals surface area (Å²) >= 11 is 3.32. The molecule has 0 radical (unpaired) electrons. The molecule has 1 aliphatic heterocycles. The van der Waals surface area contributed by atoms with Crippen molar-refractivity contribution in [3.8, 4) is 0 Å². The SMILES string of the molecule is O=C(C1CC1)N1CCN(c2ncc(Br)cn2)CC1. The molecule has 1 aromatic rings. The molecule has 0 aromatic carbocycles. The molecule has 0 unspecified atom stereocenters. The molecule has 1 amide bonds. The molecular formula is C12H15BrN4O. The van der Waals surface area contributed by atoms with Crippen LogP contribution in [0.5, 0.6) is 0 Å². The lowest BCUT2D eigenvalue weighted by Crippen LogP contribution is -2.49. The van der Waals surface area contributed by atoms with Gasteiger partial charge < -0.3 is 9.80 Å². The van der Waals surface area contributed by atoms with Gasteiger partial charge in [-0.2, -0.15) is 0 Å². The first-order valence-electron chi connectivity index (χ1n) is 6.25. The van der Waals surface area contributed by atoms with Crippen molar-refractivity contribution in [1.82, 2.24) is 14.9 Å². The number of hydrogen-bond acceptors (Lipinski definition) is 4. The fraction of sp³-hybridized carbons (Fsp3) is 0.583. The summed E-state index contributed by atoms with van der Waals surface area (Å²) < 4.78 is 0.883. The van der Waals surface area contributed by atoms with Gasteiger partial charge >= 0.3 is 0 Å². The van der Waals surface area contributed by atoms with E-state index in [4.69, 9.17) is 0 Å². The average Bonchev–Trinajstić information content (AvgIpc) is 3.23. The third-order valence-electron chi connectivity index (χ3n) is 3.41. The zero-order valence-corrected chi connectivity index (χ0v) is 11.6. The maximum atomic E-state index is 11.9. The Bertz CT molecular complexity index is 438. The van der Waals surface area contributed by atoms with Crippen LogP contribution in [0.2, 0.25) is 0 Å². The van der Waals surface area contributed by atoms with Crippen LogP contribution in [0.1, 0.15) is 12.8 Å². The zero-order valence-electron chi connectivity index (χ0n) is 10.0. The van der Waals surface area contributed by atoms with Crippen LogP contribution in [0, 0.1) is 5.92 Å². The number of piperazine rings is 1. The van der Waals surface area contributed by atoms with E-state index >= 15 is 0 Å². The first-order chi connectivity index (χ1) is 8.74. The van der Waals surface area contributed by atoms with Gasteiger partial charge in [0, 0.05) is 44.5 Å². The third-order valence-corrected chi connectivity index (χ3v) is 3.82. The van der Waals surface area contributed by atoms with Crippen LogP contribution in [0.4, 0.5) is 5.95 Å². The zero-order chi connectivity index (χ0) is 12.5. The van der Waals surface area contributed by atoms with Gasteiger partial charge in [0.1, 0.15) is 0 Å². The minimum absolute atomic E-state index is 0.320. The van der Waals surface area contributed by atoms with Gasteiger partial charge in [0.05, 0.1) is 4.47 Å². The van der Waals surface area contributed by atoms with E-state index in [2.05, 4.69) is 30.8 Å². The van der Waals surface area contributed by atoms with E-state index in [0.717, 1.165) is 49.4 Å². The van der Waals surface area contributed by atoms with Crippen LogP contribution in [0.25, 0.3) is 0 Å². The lowest BCUT2D eigenvalue weighted by molar-refractivity contribution is -0.132. The average molecular weight is 311 g/mol. The molecule has 2 fully saturated rings. The standard InChI is InChI=1S/C12H15BrN4O/c13-10-7-14-12(15-8-10)17-5-3-16(4-6-17)11(18)9-1-2-9/h7-9H,1-6H2. The number of amides is 1. The minimum atomic E-state index is 0.320. The van der Waals surface area contributed by atoms with E-state index in [1.165, 1.54) is 0 Å². The predicted molar refractivity (Wildman–Crippen MR) is 71.2 cm³/mol. The molecular weight excluding hydrogens is 296 g/mol. The summed E-state index contributed by atoms with van der Waals surface area (Å²) in [4.78, 5) is 24.6. The van der Waals surface area contributed by atoms with Crippen molar-refractivity contribution in [3.63, 3.8) is 0 Å². The van der Waals surface area contributed by atoms with Gasteiger partial charge in [0.25, 0.3) is 0 Å². The molecule has 1 aromatic heterocycles. The van der Waals surface area contributed by atoms with E-state index < -0.39 is 0 Å². The molecule has 0 N–H and O–H groups in total. The lowest BCUT2D eigenvalue weighted by Gasteiger charge is -2.34. The predicted octanol–water partition coefficient (Wildman–Crippen LogP) is 1.30. The molecule has 5 nitrogen and oxygen atoms in total. The maximum Gasteiger partial charge on any atom is 0.225 e. The van der Waals surface area contributed by atoms with Crippen molar-refractivity contribution in [3.05, 3.63) is 16.9 Å². The summed E-state index contributed by atoms with van der Waals surface area (Å²) in [5.41, 5.74) is 0. The smallest absolute Gasteiger partial charge is 0.225 e. The van der Waals surface area contributed by atoms with Gasteiger partial charge in [-0.1, -0.05) is 0 Å². The number of hydrogen-bond donors (Lipinski definition) is 0. The highest BCUT2D eigenvalue weighted by atomic mass is 79.9. The fourth-order valence-corrected chi connectivity index (χ4v) is 2.39. The Labute approximate surface area is 114 Å². The van der Waals surface area contributed by atoms with E-state index in [0.29, 0.717) is 11.8 Å². The van der Waals surface area contributed by atoms with Crippen molar-refractivity contribution in [2.45, 2.75) is 12.8 Å². The number of carbonyl (C=O) groups is 1. The molecule has 1 saturated heterocycles. The topological polar surface area (TPSA) is 49.3 Å². The van der Waals surface area contributed by atoms with Crippen LogP contribution < -0.4 is 4.90 Å². The molecule has 1 saturated carbocycles. The molecule has 0 atom stereocenters. The van der Waals surface area contributed by atoms with Crippen molar-refractivity contribution in [1.29, 1.82) is 0 Å². The van der Waals surface area contributed by atoms with E-state index in [-0.39, 0.29) is 0 Å². The number of carbonyl (C=O) groups excluding carboxylic acids is 1. The van der Waals surface area contributed by atoms with Crippen molar-refractivity contribution in [2.75, 3.05) is 31.1 Å². The summed E-state index contributed by atoms with van der Waals surface area (Å²) in [6.45, 7) is 3.21. The second-order valence-corrected chi connectivity index (χ2v) is 5.70. The Morgan fingerprint density at radius 3 is 2.33 bits per heavy atom. The summed E-state index contributed by atoms with van der Waals surface area (Å²) in [5.74, 6) is 1.41. The fourth-order valence-electron chi connectivity index (χ4n) is 2.18. The Morgan fingerprint density at radius 2 is 1.78 bits per heavy atom. The highest BCUT2D eigenvalue weighted by Crippen LogP contribution is 2.31. The van der Waals surface area contributed by atoms with Crippen LogP contribution in [0.15, 0.2) is 16.9 Å². The Hall–Kier alpha value is -1.17. The van der Waals surface area contributed by atoms with Gasteiger partial charge in [-0.25, -0.2) is 9.97 Å². The highest BCUT2D eigenvalue weighted by molar-refractivity contribution is 9.10. The quantitative estimate of drug-likeness (QED) is 0.826. The Kier molecular flexibility index (Phi) is 3.20. The first kappa shape index (κ1) is 11.9. The summed E-state index contributed by atoms with van der Waals surface area (Å²) in [6, 6.07) is 0. The van der Waals surface area contributed by atoms with Gasteiger partial charge in [-0.05, 0) is 28.8 Å². The number of anilines is 1. The second kappa shape index (κ2) is 4.84. The Morgan fingerprint density at radius 1 is 1.17 bits per heavy atom. The second-order valence-electron chi connectivity index (χ2n) is 4.79. The Balaban J connectivity index is 1.59.